The maximum absolute atomic E-state index is 14.3. The summed E-state index contributed by atoms with van der Waals surface area (Å²) in [6.45, 7) is 8.33. The van der Waals surface area contributed by atoms with E-state index in [2.05, 4.69) is 159 Å². The van der Waals surface area contributed by atoms with Gasteiger partial charge in [0.15, 0.2) is 9.84 Å². The van der Waals surface area contributed by atoms with E-state index in [1.54, 1.807) is 30.3 Å². The molecular weight excluding hydrogens is 740 g/mol. The Morgan fingerprint density at radius 3 is 1.14 bits per heavy atom. The van der Waals surface area contributed by atoms with Gasteiger partial charge in [-0.05, 0) is 136 Å². The Balaban J connectivity index is 1.18. The largest absolute Gasteiger partial charge is 0.311 e. The predicted octanol–water partition coefficient (Wildman–Crippen LogP) is 14.3. The molecule has 0 aliphatic heterocycles. The second kappa shape index (κ2) is 17.3. The van der Waals surface area contributed by atoms with Crippen molar-refractivity contribution in [2.75, 3.05) is 9.80 Å². The van der Waals surface area contributed by atoms with E-state index >= 15 is 0 Å². The number of nitrogens with zero attached hydrogens (tertiary/aromatic N) is 2. The fourth-order valence-corrected chi connectivity index (χ4v) is 8.46. The molecule has 0 aromatic heterocycles. The Morgan fingerprint density at radius 1 is 0.439 bits per heavy atom. The lowest BCUT2D eigenvalue weighted by atomic mass is 10.1. The van der Waals surface area contributed by atoms with E-state index in [4.69, 9.17) is 11.6 Å². The van der Waals surface area contributed by atoms with E-state index in [0.717, 1.165) is 39.7 Å². The standard InChI is InChI=1S/C51H45ClN2O2S/c1-37-9-23-44(24-10-37)53(45-25-11-38(2)12-26-45)48-31-17-41(18-32-48)7-5-6-8-51(57(55,56)50-35-21-43(52)22-36-50)42-19-33-49(34-20-42)54(46-27-13-39(3)14-28-46)47-29-15-40(4)16-30-47/h5-36,51H,1-4H3. The van der Waals surface area contributed by atoms with Crippen LogP contribution in [0.1, 0.15) is 38.6 Å². The van der Waals surface area contributed by atoms with Gasteiger partial charge in [-0.2, -0.15) is 0 Å². The molecule has 0 amide bonds. The monoisotopic (exact) mass is 784 g/mol. The highest BCUT2D eigenvalue weighted by Crippen LogP contribution is 2.38. The molecule has 57 heavy (non-hydrogen) atoms. The Labute approximate surface area is 342 Å². The molecule has 1 atom stereocenters. The molecule has 4 nitrogen and oxygen atoms in total. The van der Waals surface area contributed by atoms with Gasteiger partial charge in [-0.15, -0.1) is 0 Å². The SMILES string of the molecule is Cc1ccc(N(c2ccc(C)cc2)c2ccc(C=CC=CC(c3ccc(N(c4ccc(C)cc4)c4ccc(C)cc4)cc3)S(=O)(=O)c3ccc(Cl)cc3)cc2)cc1. The molecule has 7 aromatic rings. The number of allylic oxidation sites excluding steroid dienone is 2. The molecule has 0 N–H and O–H groups in total. The Kier molecular flexibility index (Phi) is 11.9. The summed E-state index contributed by atoms with van der Waals surface area (Å²) >= 11 is 6.16. The van der Waals surface area contributed by atoms with Crippen molar-refractivity contribution in [3.05, 3.63) is 226 Å². The molecule has 7 aromatic carbocycles. The zero-order valence-electron chi connectivity index (χ0n) is 32.5. The van der Waals surface area contributed by atoms with Gasteiger partial charge in [-0.1, -0.05) is 131 Å². The minimum Gasteiger partial charge on any atom is -0.311 e. The summed E-state index contributed by atoms with van der Waals surface area (Å²) in [7, 11) is -3.83. The van der Waals surface area contributed by atoms with Crippen LogP contribution in [0.4, 0.5) is 34.1 Å². The number of benzene rings is 7. The van der Waals surface area contributed by atoms with Crippen LogP contribution in [0.3, 0.4) is 0 Å². The highest BCUT2D eigenvalue weighted by molar-refractivity contribution is 7.91. The Morgan fingerprint density at radius 2 is 0.772 bits per heavy atom. The van der Waals surface area contributed by atoms with E-state index in [0.29, 0.717) is 10.6 Å². The number of hydrogen-bond acceptors (Lipinski definition) is 4. The third kappa shape index (κ3) is 9.29. The van der Waals surface area contributed by atoms with Crippen LogP contribution in [0.5, 0.6) is 0 Å². The van der Waals surface area contributed by atoms with Gasteiger partial charge in [0.25, 0.3) is 0 Å². The van der Waals surface area contributed by atoms with Crippen LogP contribution in [0.2, 0.25) is 5.02 Å². The average molecular weight is 785 g/mol. The molecule has 7 rings (SSSR count). The summed E-state index contributed by atoms with van der Waals surface area (Å²) < 4.78 is 28.5. The average Bonchev–Trinajstić information content (AvgIpc) is 3.22. The maximum atomic E-state index is 14.3. The lowest BCUT2D eigenvalue weighted by Gasteiger charge is -2.26. The minimum atomic E-state index is -3.83. The van der Waals surface area contributed by atoms with Crippen LogP contribution < -0.4 is 9.80 Å². The number of halogens is 1. The van der Waals surface area contributed by atoms with Crippen LogP contribution in [-0.4, -0.2) is 8.42 Å². The van der Waals surface area contributed by atoms with Crippen molar-refractivity contribution < 1.29 is 8.42 Å². The number of rotatable bonds is 12. The van der Waals surface area contributed by atoms with Gasteiger partial charge in [-0.25, -0.2) is 8.42 Å². The van der Waals surface area contributed by atoms with Gasteiger partial charge in [0.1, 0.15) is 5.25 Å². The van der Waals surface area contributed by atoms with E-state index in [1.807, 2.05) is 42.5 Å². The lowest BCUT2D eigenvalue weighted by Crippen LogP contribution is -2.13. The quantitative estimate of drug-likeness (QED) is 0.116. The summed E-state index contributed by atoms with van der Waals surface area (Å²) in [5.74, 6) is 0. The van der Waals surface area contributed by atoms with Gasteiger partial charge >= 0.3 is 0 Å². The van der Waals surface area contributed by atoms with Crippen LogP contribution >= 0.6 is 11.6 Å². The summed E-state index contributed by atoms with van der Waals surface area (Å²) in [5, 5.41) is -0.461. The van der Waals surface area contributed by atoms with Crippen LogP contribution in [-0.2, 0) is 9.84 Å². The van der Waals surface area contributed by atoms with Gasteiger partial charge in [0, 0.05) is 39.1 Å². The first-order chi connectivity index (χ1) is 27.5. The molecule has 0 spiro atoms. The zero-order valence-corrected chi connectivity index (χ0v) is 34.1. The number of aryl methyl sites for hydroxylation is 4. The van der Waals surface area contributed by atoms with Gasteiger partial charge in [-0.3, -0.25) is 0 Å². The second-order valence-electron chi connectivity index (χ2n) is 14.4. The zero-order chi connectivity index (χ0) is 39.9. The number of anilines is 6. The second-order valence-corrected chi connectivity index (χ2v) is 16.9. The molecule has 284 valence electrons. The maximum Gasteiger partial charge on any atom is 0.188 e. The first-order valence-corrected chi connectivity index (χ1v) is 20.9. The molecule has 0 fully saturated rings. The first kappa shape index (κ1) is 39.1. The molecule has 1 unspecified atom stereocenters. The van der Waals surface area contributed by atoms with E-state index in [-0.39, 0.29) is 4.90 Å². The lowest BCUT2D eigenvalue weighted by molar-refractivity contribution is 0.590. The third-order valence-corrected chi connectivity index (χ3v) is 12.2. The molecule has 0 saturated heterocycles. The van der Waals surface area contributed by atoms with Crippen LogP contribution in [0.15, 0.2) is 193 Å². The molecular formula is C51H45ClN2O2S. The number of sulfone groups is 1. The molecule has 0 aliphatic rings. The van der Waals surface area contributed by atoms with E-state index in [1.165, 1.54) is 22.3 Å². The van der Waals surface area contributed by atoms with Crippen molar-refractivity contribution in [3.8, 4) is 0 Å². The van der Waals surface area contributed by atoms with Gasteiger partial charge in [0.2, 0.25) is 0 Å². The highest BCUT2D eigenvalue weighted by Gasteiger charge is 2.27. The van der Waals surface area contributed by atoms with E-state index < -0.39 is 15.1 Å². The minimum absolute atomic E-state index is 0.206. The van der Waals surface area contributed by atoms with Gasteiger partial charge < -0.3 is 9.80 Å². The van der Waals surface area contributed by atoms with Crippen molar-refractivity contribution in [2.45, 2.75) is 37.8 Å². The highest BCUT2D eigenvalue weighted by atomic mass is 35.5. The third-order valence-electron chi connectivity index (χ3n) is 9.96. The van der Waals surface area contributed by atoms with Crippen LogP contribution in [0, 0.1) is 27.7 Å². The van der Waals surface area contributed by atoms with Crippen molar-refractivity contribution in [1.29, 1.82) is 0 Å². The topological polar surface area (TPSA) is 40.6 Å². The van der Waals surface area contributed by atoms with Crippen molar-refractivity contribution >= 4 is 61.6 Å². The Bertz CT molecular complexity index is 2490. The smallest absolute Gasteiger partial charge is 0.188 e. The summed E-state index contributed by atoms with van der Waals surface area (Å²) in [6, 6.07) is 56.3. The molecule has 0 saturated carbocycles. The summed E-state index contributed by atoms with van der Waals surface area (Å²) in [4.78, 5) is 4.62. The van der Waals surface area contributed by atoms with Crippen molar-refractivity contribution in [2.24, 2.45) is 0 Å². The molecule has 0 heterocycles. The fraction of sp³-hybridized carbons (Fsp3) is 0.0980. The fourth-order valence-electron chi connectivity index (χ4n) is 6.71. The van der Waals surface area contributed by atoms with Crippen molar-refractivity contribution in [3.63, 3.8) is 0 Å². The summed E-state index contributed by atoms with van der Waals surface area (Å²) in [6.07, 6.45) is 7.44. The number of hydrogen-bond donors (Lipinski definition) is 0. The summed E-state index contributed by atoms with van der Waals surface area (Å²) in [5.41, 5.74) is 12.6. The Hall–Kier alpha value is -6.14. The van der Waals surface area contributed by atoms with E-state index in [9.17, 15) is 8.42 Å². The van der Waals surface area contributed by atoms with Crippen LogP contribution in [0.25, 0.3) is 6.08 Å². The van der Waals surface area contributed by atoms with Gasteiger partial charge in [0.05, 0.1) is 4.90 Å². The molecule has 0 aliphatic carbocycles. The predicted molar refractivity (Wildman–Crippen MR) is 241 cm³/mol. The van der Waals surface area contributed by atoms with Crippen molar-refractivity contribution in [1.82, 2.24) is 0 Å². The molecule has 0 bridgehead atoms. The first-order valence-electron chi connectivity index (χ1n) is 19.0. The molecule has 0 radical (unpaired) electrons. The normalized spacial score (nSPS) is 12.2. The molecule has 6 heteroatoms.